The number of likely N-dealkylation sites (tertiary alicyclic amines) is 1. The van der Waals surface area contributed by atoms with E-state index in [1.54, 1.807) is 6.07 Å². The number of halogens is 1. The zero-order chi connectivity index (χ0) is 19.9. The third kappa shape index (κ3) is 5.12. The van der Waals surface area contributed by atoms with Crippen LogP contribution >= 0.6 is 11.6 Å². The van der Waals surface area contributed by atoms with Crippen LogP contribution in [0, 0.1) is 22.7 Å². The van der Waals surface area contributed by atoms with Gasteiger partial charge < -0.3 is 10.0 Å². The van der Waals surface area contributed by atoms with Gasteiger partial charge in [0, 0.05) is 24.7 Å². The van der Waals surface area contributed by atoms with Gasteiger partial charge >= 0.3 is 0 Å². The molecule has 0 bridgehead atoms. The van der Waals surface area contributed by atoms with Crippen LogP contribution < -0.4 is 0 Å². The summed E-state index contributed by atoms with van der Waals surface area (Å²) in [4.78, 5) is 2.36. The summed E-state index contributed by atoms with van der Waals surface area (Å²) in [7, 11) is 0. The Hall–Kier alpha value is -2.37. The third-order valence-electron chi connectivity index (χ3n) is 5.51. The van der Waals surface area contributed by atoms with Crippen LogP contribution in [0.4, 0.5) is 0 Å². The van der Waals surface area contributed by atoms with Crippen molar-refractivity contribution in [2.75, 3.05) is 19.6 Å². The van der Waals surface area contributed by atoms with Gasteiger partial charge in [0.05, 0.1) is 29.7 Å². The van der Waals surface area contributed by atoms with E-state index in [9.17, 15) is 15.6 Å². The molecule has 1 aliphatic heterocycles. The number of hydrogen-bond acceptors (Lipinski definition) is 4. The molecular formula is C23H24ClN3O. The first-order chi connectivity index (χ1) is 13.6. The molecule has 1 N–H and O–H groups in total. The summed E-state index contributed by atoms with van der Waals surface area (Å²) >= 11 is 6.07. The summed E-state index contributed by atoms with van der Waals surface area (Å²) in [5, 5.41) is 29.8. The van der Waals surface area contributed by atoms with E-state index in [0.29, 0.717) is 17.0 Å². The maximum atomic E-state index is 9.85. The van der Waals surface area contributed by atoms with Crippen molar-refractivity contribution in [1.29, 1.82) is 10.5 Å². The van der Waals surface area contributed by atoms with Crippen LogP contribution in [0.5, 0.6) is 0 Å². The smallest absolute Gasteiger partial charge is 0.0995 e. The molecule has 0 aliphatic carbocycles. The number of hydrogen-bond donors (Lipinski definition) is 1. The van der Waals surface area contributed by atoms with E-state index < -0.39 is 0 Å². The molecule has 1 fully saturated rings. The molecule has 2 unspecified atom stereocenters. The molecule has 28 heavy (non-hydrogen) atoms. The maximum absolute atomic E-state index is 9.85. The number of nitrogens with zero attached hydrogens (tertiary/aromatic N) is 3. The Labute approximate surface area is 171 Å². The molecule has 1 saturated heterocycles. The lowest BCUT2D eigenvalue weighted by Gasteiger charge is -2.33. The lowest BCUT2D eigenvalue weighted by Crippen LogP contribution is -2.38. The van der Waals surface area contributed by atoms with Crippen LogP contribution in [0.1, 0.15) is 47.8 Å². The van der Waals surface area contributed by atoms with Crippen LogP contribution in [-0.2, 0) is 0 Å². The summed E-state index contributed by atoms with van der Waals surface area (Å²) in [6.07, 6.45) is 1.99. The standard InChI is InChI=1S/C23H24ClN3O/c24-21-7-5-17(6-8-21)20(16-27-11-9-22(28)10-12-27)13-19(15-26)23-4-2-1-3-18(23)14-25/h1-8,19-20,22,28H,9-13,16H2. The molecule has 0 amide bonds. The first kappa shape index (κ1) is 20.4. The zero-order valence-corrected chi connectivity index (χ0v) is 16.5. The van der Waals surface area contributed by atoms with Crippen LogP contribution in [0.2, 0.25) is 5.02 Å². The van der Waals surface area contributed by atoms with Gasteiger partial charge in [-0.1, -0.05) is 41.9 Å². The van der Waals surface area contributed by atoms with E-state index in [4.69, 9.17) is 11.6 Å². The lowest BCUT2D eigenvalue weighted by atomic mass is 9.83. The number of piperidine rings is 1. The van der Waals surface area contributed by atoms with Crippen LogP contribution in [-0.4, -0.2) is 35.7 Å². The van der Waals surface area contributed by atoms with Crippen molar-refractivity contribution in [3.63, 3.8) is 0 Å². The molecule has 144 valence electrons. The van der Waals surface area contributed by atoms with Gasteiger partial charge in [0.2, 0.25) is 0 Å². The largest absolute Gasteiger partial charge is 0.393 e. The van der Waals surface area contributed by atoms with Gasteiger partial charge in [0.25, 0.3) is 0 Å². The third-order valence-corrected chi connectivity index (χ3v) is 5.76. The summed E-state index contributed by atoms with van der Waals surface area (Å²) in [5.74, 6) is -0.212. The van der Waals surface area contributed by atoms with E-state index in [0.717, 1.165) is 43.6 Å². The first-order valence-corrected chi connectivity index (χ1v) is 10.0. The lowest BCUT2D eigenvalue weighted by molar-refractivity contribution is 0.0789. The average molecular weight is 394 g/mol. The number of nitriles is 2. The predicted molar refractivity (Wildman–Crippen MR) is 110 cm³/mol. The van der Waals surface area contributed by atoms with E-state index in [1.807, 2.05) is 42.5 Å². The van der Waals surface area contributed by atoms with Crippen molar-refractivity contribution in [3.8, 4) is 12.1 Å². The highest BCUT2D eigenvalue weighted by atomic mass is 35.5. The Morgan fingerprint density at radius 1 is 1.07 bits per heavy atom. The molecule has 0 spiro atoms. The van der Waals surface area contributed by atoms with E-state index in [1.165, 1.54) is 0 Å². The second kappa shape index (κ2) is 9.71. The second-order valence-electron chi connectivity index (χ2n) is 7.40. The highest BCUT2D eigenvalue weighted by Crippen LogP contribution is 2.33. The second-order valence-corrected chi connectivity index (χ2v) is 7.83. The molecule has 1 aliphatic rings. The molecule has 2 aromatic rings. The fraction of sp³-hybridized carbons (Fsp3) is 0.391. The van der Waals surface area contributed by atoms with Crippen molar-refractivity contribution in [3.05, 3.63) is 70.2 Å². The minimum Gasteiger partial charge on any atom is -0.393 e. The quantitative estimate of drug-likeness (QED) is 0.787. The molecule has 5 heteroatoms. The molecule has 2 atom stereocenters. The number of aliphatic hydroxyl groups is 1. The number of rotatable bonds is 6. The predicted octanol–water partition coefficient (Wildman–Crippen LogP) is 4.45. The monoisotopic (exact) mass is 393 g/mol. The number of aliphatic hydroxyl groups excluding tert-OH is 1. The normalized spacial score (nSPS) is 17.4. The summed E-state index contributed by atoms with van der Waals surface area (Å²) in [5.41, 5.74) is 2.50. The molecule has 0 aromatic heterocycles. The zero-order valence-electron chi connectivity index (χ0n) is 15.8. The molecular weight excluding hydrogens is 370 g/mol. The van der Waals surface area contributed by atoms with Crippen LogP contribution in [0.15, 0.2) is 48.5 Å². The van der Waals surface area contributed by atoms with Gasteiger partial charge in [-0.3, -0.25) is 0 Å². The molecule has 3 rings (SSSR count). The van der Waals surface area contributed by atoms with Crippen molar-refractivity contribution in [1.82, 2.24) is 4.90 Å². The Balaban J connectivity index is 1.84. The molecule has 2 aromatic carbocycles. The number of benzene rings is 2. The topological polar surface area (TPSA) is 71.0 Å². The maximum Gasteiger partial charge on any atom is 0.0995 e. The Kier molecular flexibility index (Phi) is 7.06. The SMILES string of the molecule is N#Cc1ccccc1C(C#N)CC(CN1CCC(O)CC1)c1ccc(Cl)cc1. The summed E-state index contributed by atoms with van der Waals surface area (Å²) in [6, 6.07) is 19.8. The van der Waals surface area contributed by atoms with Gasteiger partial charge in [-0.05, 0) is 54.5 Å². The van der Waals surface area contributed by atoms with Gasteiger partial charge in [-0.15, -0.1) is 0 Å². The van der Waals surface area contributed by atoms with Gasteiger partial charge in [0.15, 0.2) is 0 Å². The molecule has 0 radical (unpaired) electrons. The Morgan fingerprint density at radius 2 is 1.75 bits per heavy atom. The van der Waals surface area contributed by atoms with Crippen molar-refractivity contribution in [2.45, 2.75) is 37.2 Å². The summed E-state index contributed by atoms with van der Waals surface area (Å²) < 4.78 is 0. The molecule has 0 saturated carbocycles. The average Bonchev–Trinajstić information content (AvgIpc) is 2.73. The van der Waals surface area contributed by atoms with Crippen molar-refractivity contribution >= 4 is 11.6 Å². The van der Waals surface area contributed by atoms with Crippen LogP contribution in [0.3, 0.4) is 0 Å². The fourth-order valence-electron chi connectivity index (χ4n) is 3.90. The van der Waals surface area contributed by atoms with E-state index >= 15 is 0 Å². The Morgan fingerprint density at radius 3 is 2.39 bits per heavy atom. The molecule has 4 nitrogen and oxygen atoms in total. The minimum atomic E-state index is -0.355. The Bertz CT molecular complexity index is 861. The first-order valence-electron chi connectivity index (χ1n) is 9.65. The fourth-order valence-corrected chi connectivity index (χ4v) is 4.03. The highest BCUT2D eigenvalue weighted by molar-refractivity contribution is 6.30. The summed E-state index contributed by atoms with van der Waals surface area (Å²) in [6.45, 7) is 2.54. The van der Waals surface area contributed by atoms with Crippen molar-refractivity contribution in [2.24, 2.45) is 0 Å². The van der Waals surface area contributed by atoms with Crippen molar-refractivity contribution < 1.29 is 5.11 Å². The molecule has 1 heterocycles. The van der Waals surface area contributed by atoms with E-state index in [2.05, 4.69) is 17.0 Å². The van der Waals surface area contributed by atoms with Gasteiger partial charge in [-0.2, -0.15) is 10.5 Å². The van der Waals surface area contributed by atoms with Crippen LogP contribution in [0.25, 0.3) is 0 Å². The van der Waals surface area contributed by atoms with Gasteiger partial charge in [-0.25, -0.2) is 0 Å². The van der Waals surface area contributed by atoms with Gasteiger partial charge in [0.1, 0.15) is 0 Å². The van der Waals surface area contributed by atoms with E-state index in [-0.39, 0.29) is 17.9 Å². The highest BCUT2D eigenvalue weighted by Gasteiger charge is 2.25. The minimum absolute atomic E-state index is 0.143.